The van der Waals surface area contributed by atoms with Crippen LogP contribution < -0.4 is 5.32 Å². The summed E-state index contributed by atoms with van der Waals surface area (Å²) in [5.74, 6) is -0.824. The minimum absolute atomic E-state index is 0.249. The van der Waals surface area contributed by atoms with Crippen LogP contribution in [-0.2, 0) is 6.54 Å². The van der Waals surface area contributed by atoms with Gasteiger partial charge >= 0.3 is 5.97 Å². The number of hydrogen-bond acceptors (Lipinski definition) is 4. The zero-order valence-electron chi connectivity index (χ0n) is 11.6. The van der Waals surface area contributed by atoms with Gasteiger partial charge in [-0.2, -0.15) is 0 Å². The molecule has 1 saturated carbocycles. The van der Waals surface area contributed by atoms with E-state index in [9.17, 15) is 4.79 Å². The fraction of sp³-hybridized carbons (Fsp3) is 0.643. The Bertz CT molecular complexity index is 436. The van der Waals surface area contributed by atoms with E-state index in [1.165, 1.54) is 37.0 Å². The Hall–Kier alpha value is -0.910. The summed E-state index contributed by atoms with van der Waals surface area (Å²) < 4.78 is 0. The van der Waals surface area contributed by atoms with Crippen molar-refractivity contribution in [1.82, 2.24) is 10.2 Å². The summed E-state index contributed by atoms with van der Waals surface area (Å²) in [7, 11) is 4.28. The highest BCUT2D eigenvalue weighted by molar-refractivity contribution is 7.12. The summed E-state index contributed by atoms with van der Waals surface area (Å²) in [5.41, 5.74) is 1.14. The van der Waals surface area contributed by atoms with Crippen LogP contribution in [0.15, 0.2) is 11.4 Å². The van der Waals surface area contributed by atoms with Crippen molar-refractivity contribution in [1.29, 1.82) is 0 Å². The Labute approximate surface area is 118 Å². The normalized spacial score (nSPS) is 18.1. The van der Waals surface area contributed by atoms with Crippen LogP contribution >= 0.6 is 11.3 Å². The molecule has 0 aliphatic heterocycles. The molecular weight excluding hydrogens is 260 g/mol. The molecule has 0 unspecified atom stereocenters. The molecule has 2 N–H and O–H groups in total. The molecule has 0 atom stereocenters. The lowest BCUT2D eigenvalue weighted by molar-refractivity contribution is 0.0701. The standard InChI is InChI=1S/C14H22N2O2S/c1-16(2)14(6-3-4-7-14)10-15-9-11-5-8-19-12(11)13(17)18/h5,8,15H,3-4,6-7,9-10H2,1-2H3,(H,17,18). The maximum absolute atomic E-state index is 11.0. The Balaban J connectivity index is 1.92. The van der Waals surface area contributed by atoms with Gasteiger partial charge in [0.1, 0.15) is 4.88 Å². The van der Waals surface area contributed by atoms with Gasteiger partial charge in [-0.05, 0) is 43.9 Å². The third kappa shape index (κ3) is 3.16. The summed E-state index contributed by atoms with van der Waals surface area (Å²) in [4.78, 5) is 13.8. The highest BCUT2D eigenvalue weighted by atomic mass is 32.1. The van der Waals surface area contributed by atoms with Crippen LogP contribution in [0.4, 0.5) is 0 Å². The first kappa shape index (κ1) is 14.5. The predicted octanol–water partition coefficient (Wildman–Crippen LogP) is 2.41. The van der Waals surface area contributed by atoms with Gasteiger partial charge in [0.05, 0.1) is 0 Å². The predicted molar refractivity (Wildman–Crippen MR) is 77.9 cm³/mol. The number of carboxylic acid groups (broad SMARTS) is 1. The lowest BCUT2D eigenvalue weighted by Gasteiger charge is -2.36. The van der Waals surface area contributed by atoms with Gasteiger partial charge in [0.15, 0.2) is 0 Å². The quantitative estimate of drug-likeness (QED) is 0.841. The second-order valence-corrected chi connectivity index (χ2v) is 6.43. The van der Waals surface area contributed by atoms with Gasteiger partial charge < -0.3 is 15.3 Å². The number of aromatic carboxylic acids is 1. The van der Waals surface area contributed by atoms with Gasteiger partial charge in [-0.1, -0.05) is 12.8 Å². The molecule has 1 aromatic heterocycles. The average Bonchev–Trinajstić information content (AvgIpc) is 2.98. The Morgan fingerprint density at radius 2 is 2.16 bits per heavy atom. The molecule has 0 spiro atoms. The average molecular weight is 282 g/mol. The maximum atomic E-state index is 11.0. The number of carbonyl (C=O) groups is 1. The molecule has 0 bridgehead atoms. The van der Waals surface area contributed by atoms with E-state index in [2.05, 4.69) is 24.3 Å². The molecule has 106 valence electrons. The molecule has 5 heteroatoms. The Morgan fingerprint density at radius 3 is 2.74 bits per heavy atom. The first-order valence-corrected chi connectivity index (χ1v) is 7.61. The van der Waals surface area contributed by atoms with Gasteiger partial charge in [0, 0.05) is 18.6 Å². The minimum atomic E-state index is -0.824. The molecule has 0 amide bonds. The van der Waals surface area contributed by atoms with Crippen LogP contribution in [0.25, 0.3) is 0 Å². The number of likely N-dealkylation sites (N-methyl/N-ethyl adjacent to an activating group) is 1. The van der Waals surface area contributed by atoms with Crippen molar-refractivity contribution < 1.29 is 9.90 Å². The molecular formula is C14H22N2O2S. The monoisotopic (exact) mass is 282 g/mol. The third-order valence-corrected chi connectivity index (χ3v) is 5.14. The van der Waals surface area contributed by atoms with Crippen LogP contribution in [0.5, 0.6) is 0 Å². The summed E-state index contributed by atoms with van der Waals surface area (Å²) in [5, 5.41) is 14.4. The van der Waals surface area contributed by atoms with Gasteiger partial charge in [0.2, 0.25) is 0 Å². The van der Waals surface area contributed by atoms with E-state index in [0.29, 0.717) is 11.4 Å². The van der Waals surface area contributed by atoms with Gasteiger partial charge in [0.25, 0.3) is 0 Å². The zero-order chi connectivity index (χ0) is 13.9. The Kier molecular flexibility index (Phi) is 4.60. The summed E-state index contributed by atoms with van der Waals surface area (Å²) in [6.45, 7) is 1.57. The summed E-state index contributed by atoms with van der Waals surface area (Å²) in [6, 6.07) is 1.90. The smallest absolute Gasteiger partial charge is 0.346 e. The number of thiophene rings is 1. The molecule has 4 nitrogen and oxygen atoms in total. The molecule has 2 rings (SSSR count). The molecule has 1 fully saturated rings. The largest absolute Gasteiger partial charge is 0.477 e. The van der Waals surface area contributed by atoms with Gasteiger partial charge in [-0.3, -0.25) is 0 Å². The first-order chi connectivity index (χ1) is 9.05. The molecule has 0 radical (unpaired) electrons. The SMILES string of the molecule is CN(C)C1(CNCc2ccsc2C(=O)O)CCCC1. The minimum Gasteiger partial charge on any atom is -0.477 e. The highest BCUT2D eigenvalue weighted by Crippen LogP contribution is 2.33. The number of rotatable bonds is 6. The van der Waals surface area contributed by atoms with E-state index < -0.39 is 5.97 Å². The van der Waals surface area contributed by atoms with Gasteiger partial charge in [-0.15, -0.1) is 11.3 Å². The highest BCUT2D eigenvalue weighted by Gasteiger charge is 2.35. The lowest BCUT2D eigenvalue weighted by Crippen LogP contribution is -2.49. The number of carboxylic acids is 1. The van der Waals surface area contributed by atoms with E-state index in [0.717, 1.165) is 12.1 Å². The molecule has 19 heavy (non-hydrogen) atoms. The van der Waals surface area contributed by atoms with E-state index in [-0.39, 0.29) is 5.54 Å². The van der Waals surface area contributed by atoms with E-state index in [1.807, 2.05) is 11.4 Å². The lowest BCUT2D eigenvalue weighted by atomic mass is 9.96. The van der Waals surface area contributed by atoms with E-state index >= 15 is 0 Å². The molecule has 1 aliphatic carbocycles. The molecule has 1 aromatic rings. The molecule has 1 aliphatic rings. The number of hydrogen-bond donors (Lipinski definition) is 2. The van der Waals surface area contributed by atoms with Gasteiger partial charge in [-0.25, -0.2) is 4.79 Å². The number of nitrogens with one attached hydrogen (secondary N) is 1. The van der Waals surface area contributed by atoms with Crippen molar-refractivity contribution >= 4 is 17.3 Å². The summed E-state index contributed by atoms with van der Waals surface area (Å²) >= 11 is 1.30. The van der Waals surface area contributed by atoms with Crippen molar-refractivity contribution in [2.24, 2.45) is 0 Å². The summed E-state index contributed by atoms with van der Waals surface area (Å²) in [6.07, 6.45) is 5.03. The first-order valence-electron chi connectivity index (χ1n) is 6.73. The fourth-order valence-electron chi connectivity index (χ4n) is 2.91. The van der Waals surface area contributed by atoms with Crippen molar-refractivity contribution in [3.63, 3.8) is 0 Å². The zero-order valence-corrected chi connectivity index (χ0v) is 12.4. The van der Waals surface area contributed by atoms with Crippen molar-refractivity contribution in [3.8, 4) is 0 Å². The molecule has 1 heterocycles. The van der Waals surface area contributed by atoms with Crippen molar-refractivity contribution in [3.05, 3.63) is 21.9 Å². The van der Waals surface area contributed by atoms with Crippen LogP contribution in [0.1, 0.15) is 40.9 Å². The van der Waals surface area contributed by atoms with Crippen LogP contribution in [0.3, 0.4) is 0 Å². The second kappa shape index (κ2) is 6.03. The van der Waals surface area contributed by atoms with Crippen molar-refractivity contribution in [2.45, 2.75) is 37.8 Å². The molecule has 0 aromatic carbocycles. The molecule has 0 saturated heterocycles. The van der Waals surface area contributed by atoms with Crippen molar-refractivity contribution in [2.75, 3.05) is 20.6 Å². The van der Waals surface area contributed by atoms with E-state index in [1.54, 1.807) is 0 Å². The topological polar surface area (TPSA) is 52.6 Å². The van der Waals surface area contributed by atoms with Crippen LogP contribution in [0.2, 0.25) is 0 Å². The fourth-order valence-corrected chi connectivity index (χ4v) is 3.67. The van der Waals surface area contributed by atoms with E-state index in [4.69, 9.17) is 5.11 Å². The number of nitrogens with zero attached hydrogens (tertiary/aromatic N) is 1. The Morgan fingerprint density at radius 1 is 1.47 bits per heavy atom. The second-order valence-electron chi connectivity index (χ2n) is 5.51. The van der Waals surface area contributed by atoms with Crippen LogP contribution in [-0.4, -0.2) is 42.2 Å². The van der Waals surface area contributed by atoms with Crippen LogP contribution in [0, 0.1) is 0 Å². The third-order valence-electron chi connectivity index (χ3n) is 4.19. The maximum Gasteiger partial charge on any atom is 0.346 e.